The van der Waals surface area contributed by atoms with Crippen LogP contribution in [-0.4, -0.2) is 12.4 Å². The highest BCUT2D eigenvalue weighted by Crippen LogP contribution is 2.15. The zero-order valence-corrected chi connectivity index (χ0v) is 11.2. The van der Waals surface area contributed by atoms with E-state index < -0.39 is 0 Å². The third kappa shape index (κ3) is 3.94. The summed E-state index contributed by atoms with van der Waals surface area (Å²) in [5, 5.41) is 10.7. The molecular weight excluding hydrogens is 258 g/mol. The molecule has 96 valence electrons. The van der Waals surface area contributed by atoms with Crippen LogP contribution in [0.3, 0.4) is 0 Å². The third-order valence-corrected chi connectivity index (χ3v) is 3.49. The number of nitriles is 1. The highest BCUT2D eigenvalue weighted by molar-refractivity contribution is 7.12. The molecule has 0 bridgehead atoms. The van der Waals surface area contributed by atoms with Gasteiger partial charge in [-0.25, -0.2) is 0 Å². The Labute approximate surface area is 116 Å². The maximum absolute atomic E-state index is 11.7. The molecule has 0 saturated carbocycles. The molecule has 0 fully saturated rings. The van der Waals surface area contributed by atoms with Crippen molar-refractivity contribution in [2.45, 2.75) is 12.8 Å². The average Bonchev–Trinajstić information content (AvgIpc) is 2.98. The summed E-state index contributed by atoms with van der Waals surface area (Å²) >= 11 is 1.46. The van der Waals surface area contributed by atoms with Crippen molar-refractivity contribution in [2.75, 3.05) is 6.61 Å². The van der Waals surface area contributed by atoms with Gasteiger partial charge in [0, 0.05) is 6.42 Å². The molecule has 1 aromatic carbocycles. The molecule has 0 saturated heterocycles. The van der Waals surface area contributed by atoms with Crippen molar-refractivity contribution >= 4 is 17.1 Å². The van der Waals surface area contributed by atoms with E-state index in [1.165, 1.54) is 11.3 Å². The minimum absolute atomic E-state index is 0.157. The number of carbonyl (C=O) groups excluding carboxylic acids is 1. The molecule has 2 rings (SSSR count). The molecule has 0 spiro atoms. The van der Waals surface area contributed by atoms with Crippen molar-refractivity contribution in [1.29, 1.82) is 5.26 Å². The molecule has 4 heteroatoms. The first-order chi connectivity index (χ1) is 9.29. The lowest BCUT2D eigenvalue weighted by atomic mass is 10.2. The summed E-state index contributed by atoms with van der Waals surface area (Å²) in [6.07, 6.45) is 1.16. The van der Waals surface area contributed by atoms with Gasteiger partial charge in [-0.2, -0.15) is 5.26 Å². The molecule has 0 aliphatic rings. The van der Waals surface area contributed by atoms with E-state index in [-0.39, 0.29) is 5.78 Å². The Morgan fingerprint density at radius 1 is 1.32 bits per heavy atom. The van der Waals surface area contributed by atoms with Crippen LogP contribution in [0.2, 0.25) is 0 Å². The second-order valence-corrected chi connectivity index (χ2v) is 4.94. The third-order valence-electron chi connectivity index (χ3n) is 2.58. The van der Waals surface area contributed by atoms with Gasteiger partial charge in [-0.3, -0.25) is 4.79 Å². The number of hydrogen-bond donors (Lipinski definition) is 0. The molecule has 0 aliphatic carbocycles. The zero-order chi connectivity index (χ0) is 13.5. The van der Waals surface area contributed by atoms with E-state index in [0.29, 0.717) is 30.8 Å². The van der Waals surface area contributed by atoms with Crippen LogP contribution in [0.1, 0.15) is 28.1 Å². The Morgan fingerprint density at radius 3 is 2.95 bits per heavy atom. The summed E-state index contributed by atoms with van der Waals surface area (Å²) in [5.41, 5.74) is 0.576. The van der Waals surface area contributed by atoms with E-state index >= 15 is 0 Å². The van der Waals surface area contributed by atoms with Gasteiger partial charge in [-0.15, -0.1) is 11.3 Å². The molecule has 1 heterocycles. The standard InChI is InChI=1S/C15H13NO2S/c16-11-12-4-1-5-13(10-12)18-8-2-6-14(17)15-7-3-9-19-15/h1,3-5,7,9-10H,2,6,8H2. The van der Waals surface area contributed by atoms with Crippen molar-refractivity contribution in [3.63, 3.8) is 0 Å². The van der Waals surface area contributed by atoms with Crippen molar-refractivity contribution in [3.8, 4) is 11.8 Å². The topological polar surface area (TPSA) is 50.1 Å². The molecule has 0 unspecified atom stereocenters. The first kappa shape index (κ1) is 13.3. The van der Waals surface area contributed by atoms with Gasteiger partial charge in [-0.05, 0) is 36.1 Å². The zero-order valence-electron chi connectivity index (χ0n) is 10.3. The Kier molecular flexibility index (Phi) is 4.71. The molecule has 1 aromatic heterocycles. The number of benzene rings is 1. The molecular formula is C15H13NO2S. The highest BCUT2D eigenvalue weighted by atomic mass is 32.1. The van der Waals surface area contributed by atoms with Crippen LogP contribution in [-0.2, 0) is 0 Å². The van der Waals surface area contributed by atoms with Crippen molar-refractivity contribution in [2.24, 2.45) is 0 Å². The van der Waals surface area contributed by atoms with Gasteiger partial charge in [0.25, 0.3) is 0 Å². The van der Waals surface area contributed by atoms with Gasteiger partial charge in [0.1, 0.15) is 5.75 Å². The first-order valence-electron chi connectivity index (χ1n) is 5.99. The summed E-state index contributed by atoms with van der Waals surface area (Å²) in [4.78, 5) is 12.5. The van der Waals surface area contributed by atoms with E-state index in [4.69, 9.17) is 10.00 Å². The normalized spacial score (nSPS) is 9.84. The SMILES string of the molecule is N#Cc1cccc(OCCCC(=O)c2cccs2)c1. The quantitative estimate of drug-likeness (QED) is 0.595. The van der Waals surface area contributed by atoms with Crippen molar-refractivity contribution < 1.29 is 9.53 Å². The van der Waals surface area contributed by atoms with Crippen LogP contribution in [0.15, 0.2) is 41.8 Å². The molecule has 3 nitrogen and oxygen atoms in total. The molecule has 0 radical (unpaired) electrons. The minimum Gasteiger partial charge on any atom is -0.494 e. The van der Waals surface area contributed by atoms with Gasteiger partial charge in [0.05, 0.1) is 23.1 Å². The van der Waals surface area contributed by atoms with Gasteiger partial charge < -0.3 is 4.74 Å². The van der Waals surface area contributed by atoms with Gasteiger partial charge in [0.15, 0.2) is 5.78 Å². The number of Topliss-reactive ketones (excluding diaryl/α,β-unsaturated/α-hetero) is 1. The Bertz CT molecular complexity index is 584. The fourth-order valence-corrected chi connectivity index (χ4v) is 2.33. The number of carbonyl (C=O) groups is 1. The smallest absolute Gasteiger partial charge is 0.172 e. The number of nitrogens with zero attached hydrogens (tertiary/aromatic N) is 1. The maximum atomic E-state index is 11.7. The lowest BCUT2D eigenvalue weighted by Crippen LogP contribution is -2.02. The lowest BCUT2D eigenvalue weighted by Gasteiger charge is -2.05. The summed E-state index contributed by atoms with van der Waals surface area (Å²) in [6, 6.07) is 12.8. The van der Waals surface area contributed by atoms with Crippen LogP contribution in [0, 0.1) is 11.3 Å². The predicted molar refractivity (Wildman–Crippen MR) is 74.5 cm³/mol. The fraction of sp³-hybridized carbons (Fsp3) is 0.200. The molecule has 2 aromatic rings. The number of ketones is 1. The fourth-order valence-electron chi connectivity index (χ4n) is 1.64. The molecule has 19 heavy (non-hydrogen) atoms. The van der Waals surface area contributed by atoms with Gasteiger partial charge in [-0.1, -0.05) is 12.1 Å². The van der Waals surface area contributed by atoms with Crippen LogP contribution in [0.5, 0.6) is 5.75 Å². The van der Waals surface area contributed by atoms with E-state index in [2.05, 4.69) is 6.07 Å². The van der Waals surface area contributed by atoms with E-state index in [1.54, 1.807) is 18.2 Å². The minimum atomic E-state index is 0.157. The number of ether oxygens (including phenoxy) is 1. The average molecular weight is 271 g/mol. The monoisotopic (exact) mass is 271 g/mol. The second kappa shape index (κ2) is 6.72. The van der Waals surface area contributed by atoms with Crippen LogP contribution >= 0.6 is 11.3 Å². The summed E-state index contributed by atoms with van der Waals surface area (Å²) < 4.78 is 5.52. The largest absolute Gasteiger partial charge is 0.494 e. The molecule has 0 N–H and O–H groups in total. The number of rotatable bonds is 6. The number of thiophene rings is 1. The Hall–Kier alpha value is -2.12. The van der Waals surface area contributed by atoms with Crippen LogP contribution in [0.4, 0.5) is 0 Å². The summed E-state index contributed by atoms with van der Waals surface area (Å²) in [5.74, 6) is 0.826. The first-order valence-corrected chi connectivity index (χ1v) is 6.87. The number of hydrogen-bond acceptors (Lipinski definition) is 4. The van der Waals surface area contributed by atoms with E-state index in [0.717, 1.165) is 4.88 Å². The lowest BCUT2D eigenvalue weighted by molar-refractivity contribution is 0.0977. The highest BCUT2D eigenvalue weighted by Gasteiger charge is 2.06. The molecule has 0 aliphatic heterocycles. The Balaban J connectivity index is 1.75. The van der Waals surface area contributed by atoms with Crippen LogP contribution in [0.25, 0.3) is 0 Å². The molecule has 0 atom stereocenters. The molecule has 0 amide bonds. The Morgan fingerprint density at radius 2 is 2.21 bits per heavy atom. The maximum Gasteiger partial charge on any atom is 0.172 e. The van der Waals surface area contributed by atoms with Crippen molar-refractivity contribution in [3.05, 3.63) is 52.2 Å². The summed E-state index contributed by atoms with van der Waals surface area (Å²) in [7, 11) is 0. The summed E-state index contributed by atoms with van der Waals surface area (Å²) in [6.45, 7) is 0.478. The van der Waals surface area contributed by atoms with Gasteiger partial charge in [0.2, 0.25) is 0 Å². The van der Waals surface area contributed by atoms with E-state index in [9.17, 15) is 4.79 Å². The van der Waals surface area contributed by atoms with Crippen LogP contribution < -0.4 is 4.74 Å². The second-order valence-electron chi connectivity index (χ2n) is 3.99. The van der Waals surface area contributed by atoms with E-state index in [1.807, 2.05) is 23.6 Å². The van der Waals surface area contributed by atoms with Gasteiger partial charge >= 0.3 is 0 Å². The van der Waals surface area contributed by atoms with Crippen molar-refractivity contribution in [1.82, 2.24) is 0 Å². The predicted octanol–water partition coefficient (Wildman–Crippen LogP) is 3.66.